The number of hydrogen-bond acceptors (Lipinski definition) is 2. The first kappa shape index (κ1) is 14.7. The van der Waals surface area contributed by atoms with E-state index in [4.69, 9.17) is 5.73 Å². The van der Waals surface area contributed by atoms with Gasteiger partial charge in [-0.15, -0.1) is 0 Å². The predicted octanol–water partition coefficient (Wildman–Crippen LogP) is 0.842. The Balaban J connectivity index is 4.37. The molecule has 2 atom stereocenters. The van der Waals surface area contributed by atoms with E-state index in [1.807, 2.05) is 27.7 Å². The molecule has 94 valence electrons. The fraction of sp³-hybridized carbons (Fsp3) is 0.818. The van der Waals surface area contributed by atoms with Crippen LogP contribution in [0.25, 0.3) is 0 Å². The van der Waals surface area contributed by atoms with Gasteiger partial charge in [0, 0.05) is 6.54 Å². The molecule has 16 heavy (non-hydrogen) atoms. The number of urea groups is 1. The molecule has 0 aromatic rings. The Morgan fingerprint density at radius 1 is 1.25 bits per heavy atom. The van der Waals surface area contributed by atoms with Crippen LogP contribution in [0, 0.1) is 11.8 Å². The summed E-state index contributed by atoms with van der Waals surface area (Å²) in [6, 6.07) is -1.20. The van der Waals surface area contributed by atoms with Gasteiger partial charge in [0.15, 0.2) is 0 Å². The van der Waals surface area contributed by atoms with E-state index in [-0.39, 0.29) is 11.8 Å². The lowest BCUT2D eigenvalue weighted by Crippen LogP contribution is -2.52. The van der Waals surface area contributed by atoms with E-state index in [1.165, 1.54) is 0 Å². The molecule has 0 heterocycles. The molecule has 0 unspecified atom stereocenters. The average molecular weight is 229 g/mol. The zero-order valence-corrected chi connectivity index (χ0v) is 10.5. The molecule has 4 N–H and O–H groups in total. The minimum Gasteiger partial charge on any atom is -0.354 e. The third kappa shape index (κ3) is 5.58. The van der Waals surface area contributed by atoms with Crippen LogP contribution in [0.15, 0.2) is 0 Å². The van der Waals surface area contributed by atoms with Crippen molar-refractivity contribution >= 4 is 11.9 Å². The van der Waals surface area contributed by atoms with E-state index >= 15 is 0 Å². The fourth-order valence-corrected chi connectivity index (χ4v) is 1.27. The Labute approximate surface area is 97.2 Å². The Morgan fingerprint density at radius 3 is 2.19 bits per heavy atom. The highest BCUT2D eigenvalue weighted by Gasteiger charge is 2.24. The molecule has 0 rings (SSSR count). The molecular weight excluding hydrogens is 206 g/mol. The second kappa shape index (κ2) is 7.09. The smallest absolute Gasteiger partial charge is 0.312 e. The van der Waals surface area contributed by atoms with Gasteiger partial charge in [-0.25, -0.2) is 4.79 Å². The quantitative estimate of drug-likeness (QED) is 0.630. The van der Waals surface area contributed by atoms with Gasteiger partial charge in [-0.3, -0.25) is 4.79 Å². The number of nitrogens with one attached hydrogen (secondary N) is 2. The van der Waals surface area contributed by atoms with Gasteiger partial charge in [0.1, 0.15) is 6.04 Å². The highest BCUT2D eigenvalue weighted by atomic mass is 16.2. The average Bonchev–Trinajstić information content (AvgIpc) is 2.21. The molecule has 0 aromatic carbocycles. The summed E-state index contributed by atoms with van der Waals surface area (Å²) in [5, 5.41) is 5.27. The van der Waals surface area contributed by atoms with Crippen LogP contribution >= 0.6 is 0 Å². The van der Waals surface area contributed by atoms with Crippen LogP contribution in [-0.4, -0.2) is 24.5 Å². The summed E-state index contributed by atoms with van der Waals surface area (Å²) in [6.07, 6.45) is 0.806. The maximum atomic E-state index is 11.8. The lowest BCUT2D eigenvalue weighted by atomic mass is 9.98. The molecule has 0 aliphatic heterocycles. The van der Waals surface area contributed by atoms with Crippen LogP contribution < -0.4 is 16.4 Å². The van der Waals surface area contributed by atoms with Crippen molar-refractivity contribution in [3.8, 4) is 0 Å². The monoisotopic (exact) mass is 229 g/mol. The summed E-state index contributed by atoms with van der Waals surface area (Å²) in [5.74, 6) is 0.289. The number of nitrogens with two attached hydrogens (primary N) is 1. The molecule has 0 fully saturated rings. The third-order valence-electron chi connectivity index (χ3n) is 2.48. The third-order valence-corrected chi connectivity index (χ3v) is 2.48. The molecular formula is C11H23N3O2. The SMILES string of the molecule is CC[C@H](C)[C@H](NC(N)=O)C(=O)NCC(C)C. The van der Waals surface area contributed by atoms with E-state index in [0.717, 1.165) is 6.42 Å². The van der Waals surface area contributed by atoms with Crippen LogP contribution in [0.5, 0.6) is 0 Å². The molecule has 0 aliphatic carbocycles. The zero-order chi connectivity index (χ0) is 12.7. The van der Waals surface area contributed by atoms with Crippen molar-refractivity contribution in [2.75, 3.05) is 6.54 Å². The van der Waals surface area contributed by atoms with Crippen LogP contribution in [0.3, 0.4) is 0 Å². The van der Waals surface area contributed by atoms with Crippen LogP contribution in [0.4, 0.5) is 4.79 Å². The maximum Gasteiger partial charge on any atom is 0.312 e. The molecule has 5 nitrogen and oxygen atoms in total. The molecule has 0 radical (unpaired) electrons. The van der Waals surface area contributed by atoms with Crippen molar-refractivity contribution in [2.24, 2.45) is 17.6 Å². The minimum atomic E-state index is -0.662. The van der Waals surface area contributed by atoms with Crippen molar-refractivity contribution in [1.29, 1.82) is 0 Å². The van der Waals surface area contributed by atoms with Gasteiger partial charge in [-0.1, -0.05) is 34.1 Å². The Bertz CT molecular complexity index is 241. The molecule has 0 spiro atoms. The molecule has 0 bridgehead atoms. The van der Waals surface area contributed by atoms with Crippen molar-refractivity contribution < 1.29 is 9.59 Å². The van der Waals surface area contributed by atoms with E-state index in [2.05, 4.69) is 10.6 Å². The second-order valence-corrected chi connectivity index (χ2v) is 4.51. The topological polar surface area (TPSA) is 84.2 Å². The van der Waals surface area contributed by atoms with Crippen molar-refractivity contribution in [3.63, 3.8) is 0 Å². The Kier molecular flexibility index (Phi) is 6.53. The van der Waals surface area contributed by atoms with Crippen molar-refractivity contribution in [2.45, 2.75) is 40.2 Å². The largest absolute Gasteiger partial charge is 0.354 e. The summed E-state index contributed by atoms with van der Waals surface area (Å²) >= 11 is 0. The number of carbonyl (C=O) groups is 2. The highest BCUT2D eigenvalue weighted by molar-refractivity contribution is 5.86. The lowest BCUT2D eigenvalue weighted by Gasteiger charge is -2.23. The van der Waals surface area contributed by atoms with E-state index in [9.17, 15) is 9.59 Å². The lowest BCUT2D eigenvalue weighted by molar-refractivity contribution is -0.124. The van der Waals surface area contributed by atoms with Gasteiger partial charge in [-0.05, 0) is 11.8 Å². The van der Waals surface area contributed by atoms with Crippen LogP contribution in [0.1, 0.15) is 34.1 Å². The summed E-state index contributed by atoms with van der Waals surface area (Å²) in [7, 11) is 0. The first-order valence-electron chi connectivity index (χ1n) is 5.72. The standard InChI is InChI=1S/C11H23N3O2/c1-5-8(4)9(14-11(12)16)10(15)13-6-7(2)3/h7-9H,5-6H2,1-4H3,(H,13,15)(H3,12,14,16)/t8-,9-/m0/s1. The summed E-state index contributed by atoms with van der Waals surface area (Å²) < 4.78 is 0. The molecule has 0 aliphatic rings. The number of hydrogen-bond donors (Lipinski definition) is 3. The summed E-state index contributed by atoms with van der Waals surface area (Å²) in [6.45, 7) is 8.51. The van der Waals surface area contributed by atoms with Crippen molar-refractivity contribution in [1.82, 2.24) is 10.6 Å². The number of carbonyl (C=O) groups excluding carboxylic acids is 2. The van der Waals surface area contributed by atoms with E-state index in [1.54, 1.807) is 0 Å². The van der Waals surface area contributed by atoms with Gasteiger partial charge in [0.05, 0.1) is 0 Å². The Morgan fingerprint density at radius 2 is 1.81 bits per heavy atom. The molecule has 0 aromatic heterocycles. The van der Waals surface area contributed by atoms with Gasteiger partial charge in [0.25, 0.3) is 0 Å². The van der Waals surface area contributed by atoms with Gasteiger partial charge in [0.2, 0.25) is 5.91 Å². The van der Waals surface area contributed by atoms with Gasteiger partial charge >= 0.3 is 6.03 Å². The first-order valence-corrected chi connectivity index (χ1v) is 5.72. The maximum absolute atomic E-state index is 11.8. The number of primary amides is 1. The Hall–Kier alpha value is -1.26. The summed E-state index contributed by atoms with van der Waals surface area (Å²) in [4.78, 5) is 22.6. The molecule has 5 heteroatoms. The number of amides is 3. The van der Waals surface area contributed by atoms with E-state index in [0.29, 0.717) is 12.5 Å². The molecule has 0 saturated carbocycles. The normalized spacial score (nSPS) is 14.3. The molecule has 3 amide bonds. The zero-order valence-electron chi connectivity index (χ0n) is 10.5. The van der Waals surface area contributed by atoms with Crippen LogP contribution in [-0.2, 0) is 4.79 Å². The van der Waals surface area contributed by atoms with Gasteiger partial charge < -0.3 is 16.4 Å². The highest BCUT2D eigenvalue weighted by Crippen LogP contribution is 2.07. The predicted molar refractivity (Wildman–Crippen MR) is 63.8 cm³/mol. The van der Waals surface area contributed by atoms with Crippen LogP contribution in [0.2, 0.25) is 0 Å². The first-order chi connectivity index (χ1) is 7.38. The minimum absolute atomic E-state index is 0.0691. The van der Waals surface area contributed by atoms with Crippen molar-refractivity contribution in [3.05, 3.63) is 0 Å². The van der Waals surface area contributed by atoms with E-state index < -0.39 is 12.1 Å². The second-order valence-electron chi connectivity index (χ2n) is 4.51. The fourth-order valence-electron chi connectivity index (χ4n) is 1.27. The molecule has 0 saturated heterocycles. The van der Waals surface area contributed by atoms with Gasteiger partial charge in [-0.2, -0.15) is 0 Å². The summed E-state index contributed by atoms with van der Waals surface area (Å²) in [5.41, 5.74) is 5.05. The number of rotatable bonds is 6.